The fraction of sp³-hybridized carbons (Fsp3) is 0.300. The molecule has 0 saturated carbocycles. The maximum absolute atomic E-state index is 3.85. The topological polar surface area (TPSA) is 4.36 Å². The zero-order chi connectivity index (χ0) is 9.14. The summed E-state index contributed by atoms with van der Waals surface area (Å²) in [5.74, 6) is 0. The van der Waals surface area contributed by atoms with Gasteiger partial charge in [0.2, 0.25) is 0 Å². The summed E-state index contributed by atoms with van der Waals surface area (Å²) in [6, 6.07) is 7.04. The molecule has 1 rings (SSSR count). The Kier molecular flexibility index (Phi) is 2.88. The molecule has 0 unspecified atom stereocenters. The Hall–Kier alpha value is -0.810. The van der Waals surface area contributed by atoms with Crippen molar-refractivity contribution in [2.24, 2.45) is 0 Å². The Labute approximate surface area is 81.4 Å². The molecule has 0 radical (unpaired) electrons. The average molecular weight is 225 g/mol. The first kappa shape index (κ1) is 9.28. The molecule has 0 aromatic heterocycles. The molecule has 1 aromatic rings. The summed E-state index contributed by atoms with van der Waals surface area (Å²) in [4.78, 5) is 3.85. The summed E-state index contributed by atoms with van der Waals surface area (Å²) < 4.78 is 1.17. The van der Waals surface area contributed by atoms with E-state index in [-0.39, 0.29) is 0 Å². The molecule has 0 N–H and O–H groups in total. The van der Waals surface area contributed by atoms with Crippen LogP contribution in [0.15, 0.2) is 16.6 Å². The van der Waals surface area contributed by atoms with Crippen molar-refractivity contribution >= 4 is 15.9 Å². The third kappa shape index (κ3) is 1.86. The van der Waals surface area contributed by atoms with Gasteiger partial charge in [-0.15, -0.1) is 0 Å². The highest BCUT2D eigenvalue weighted by atomic mass is 79.9. The SMILES string of the molecule is C[N+]#Cc1cc(C)c(Br)c(C)c1. The minimum atomic E-state index is 1.04. The van der Waals surface area contributed by atoms with E-state index < -0.39 is 0 Å². The van der Waals surface area contributed by atoms with E-state index >= 15 is 0 Å². The Bertz CT molecular complexity index is 335. The first-order valence-electron chi connectivity index (χ1n) is 3.76. The van der Waals surface area contributed by atoms with Crippen LogP contribution in [-0.2, 0) is 0 Å². The van der Waals surface area contributed by atoms with Crippen LogP contribution in [0.5, 0.6) is 0 Å². The van der Waals surface area contributed by atoms with Gasteiger partial charge in [0, 0.05) is 4.47 Å². The molecule has 12 heavy (non-hydrogen) atoms. The highest BCUT2D eigenvalue weighted by molar-refractivity contribution is 9.10. The lowest BCUT2D eigenvalue weighted by molar-refractivity contribution is 1.33. The number of hydrogen-bond donors (Lipinski definition) is 0. The highest BCUT2D eigenvalue weighted by Gasteiger charge is 2.02. The summed E-state index contributed by atoms with van der Waals surface area (Å²) in [6.07, 6.45) is 0. The third-order valence-electron chi connectivity index (χ3n) is 1.68. The van der Waals surface area contributed by atoms with Crippen molar-refractivity contribution in [1.29, 1.82) is 0 Å². The van der Waals surface area contributed by atoms with Crippen LogP contribution in [0, 0.1) is 19.9 Å². The predicted octanol–water partition coefficient (Wildman–Crippen LogP) is 3.38. The second-order valence-electron chi connectivity index (χ2n) is 2.76. The van der Waals surface area contributed by atoms with E-state index in [1.54, 1.807) is 7.05 Å². The van der Waals surface area contributed by atoms with Crippen LogP contribution in [0.25, 0.3) is 4.85 Å². The summed E-state index contributed by atoms with van der Waals surface area (Å²) in [6.45, 7) is 4.13. The number of benzene rings is 1. The van der Waals surface area contributed by atoms with E-state index in [2.05, 4.69) is 52.8 Å². The molecule has 1 nitrogen and oxygen atoms in total. The van der Waals surface area contributed by atoms with Crippen molar-refractivity contribution in [3.63, 3.8) is 0 Å². The fourth-order valence-electron chi connectivity index (χ4n) is 1.14. The normalized spacial score (nSPS) is 9.00. The van der Waals surface area contributed by atoms with Crippen LogP contribution in [0.2, 0.25) is 0 Å². The van der Waals surface area contributed by atoms with E-state index in [0.29, 0.717) is 0 Å². The second kappa shape index (κ2) is 3.73. The molecule has 0 aliphatic heterocycles. The van der Waals surface area contributed by atoms with E-state index in [9.17, 15) is 0 Å². The molecule has 0 heterocycles. The smallest absolute Gasteiger partial charge is 0.0813 e. The van der Waals surface area contributed by atoms with Crippen molar-refractivity contribution in [3.8, 4) is 6.07 Å². The molecule has 0 atom stereocenters. The van der Waals surface area contributed by atoms with Crippen molar-refractivity contribution in [3.05, 3.63) is 38.1 Å². The van der Waals surface area contributed by atoms with Crippen molar-refractivity contribution in [2.45, 2.75) is 13.8 Å². The first-order chi connectivity index (χ1) is 5.65. The minimum absolute atomic E-state index is 1.04. The predicted molar refractivity (Wildman–Crippen MR) is 55.9 cm³/mol. The van der Waals surface area contributed by atoms with Gasteiger partial charge < -0.3 is 0 Å². The molecule has 0 amide bonds. The Morgan fingerprint density at radius 3 is 2.17 bits per heavy atom. The number of rotatable bonds is 0. The summed E-state index contributed by atoms with van der Waals surface area (Å²) >= 11 is 3.51. The summed E-state index contributed by atoms with van der Waals surface area (Å²) in [5, 5.41) is 0. The van der Waals surface area contributed by atoms with Crippen LogP contribution in [0.3, 0.4) is 0 Å². The van der Waals surface area contributed by atoms with Gasteiger partial charge in [-0.3, -0.25) is 0 Å². The molecule has 62 valence electrons. The average Bonchev–Trinajstić information content (AvgIpc) is 2.01. The monoisotopic (exact) mass is 224 g/mol. The van der Waals surface area contributed by atoms with Gasteiger partial charge in [0.15, 0.2) is 0 Å². The molecular weight excluding hydrogens is 214 g/mol. The molecule has 0 bridgehead atoms. The van der Waals surface area contributed by atoms with Gasteiger partial charge >= 0.3 is 6.07 Å². The number of aryl methyl sites for hydroxylation is 2. The Morgan fingerprint density at radius 1 is 1.25 bits per heavy atom. The maximum Gasteiger partial charge on any atom is 0.310 e. The van der Waals surface area contributed by atoms with E-state index in [4.69, 9.17) is 0 Å². The van der Waals surface area contributed by atoms with Gasteiger partial charge in [0.1, 0.15) is 5.56 Å². The largest absolute Gasteiger partial charge is 0.310 e. The van der Waals surface area contributed by atoms with Crippen molar-refractivity contribution in [2.75, 3.05) is 7.05 Å². The quantitative estimate of drug-likeness (QED) is 0.637. The van der Waals surface area contributed by atoms with Crippen LogP contribution >= 0.6 is 15.9 Å². The van der Waals surface area contributed by atoms with Crippen LogP contribution in [-0.4, -0.2) is 7.05 Å². The Morgan fingerprint density at radius 2 is 1.75 bits per heavy atom. The maximum atomic E-state index is 3.85. The van der Waals surface area contributed by atoms with Crippen molar-refractivity contribution in [1.82, 2.24) is 0 Å². The molecule has 0 aliphatic carbocycles. The van der Waals surface area contributed by atoms with Gasteiger partial charge in [-0.2, -0.15) is 0 Å². The lowest BCUT2D eigenvalue weighted by atomic mass is 10.1. The molecule has 0 spiro atoms. The van der Waals surface area contributed by atoms with Crippen LogP contribution in [0.4, 0.5) is 0 Å². The van der Waals surface area contributed by atoms with Crippen LogP contribution < -0.4 is 0 Å². The van der Waals surface area contributed by atoms with Gasteiger partial charge in [0.25, 0.3) is 7.05 Å². The summed E-state index contributed by atoms with van der Waals surface area (Å²) in [7, 11) is 1.73. The van der Waals surface area contributed by atoms with Gasteiger partial charge in [0.05, 0.1) is 0 Å². The minimum Gasteiger partial charge on any atom is -0.0813 e. The number of halogens is 1. The molecule has 0 saturated heterocycles. The van der Waals surface area contributed by atoms with E-state index in [1.165, 1.54) is 15.6 Å². The van der Waals surface area contributed by atoms with E-state index in [1.807, 2.05) is 0 Å². The lowest BCUT2D eigenvalue weighted by Crippen LogP contribution is -1.84. The molecular formula is C10H11BrN+. The van der Waals surface area contributed by atoms with Crippen LogP contribution in [0.1, 0.15) is 16.7 Å². The zero-order valence-corrected chi connectivity index (χ0v) is 9.07. The second-order valence-corrected chi connectivity index (χ2v) is 3.55. The van der Waals surface area contributed by atoms with Gasteiger partial charge in [-0.05, 0) is 37.1 Å². The standard InChI is InChI=1S/C10H11BrN/c1-7-4-9(6-12-3)5-8(2)10(7)11/h4-5H,1-3H3/q+1. The highest BCUT2D eigenvalue weighted by Crippen LogP contribution is 2.21. The molecule has 0 aliphatic rings. The lowest BCUT2D eigenvalue weighted by Gasteiger charge is -2.00. The molecule has 0 fully saturated rings. The van der Waals surface area contributed by atoms with E-state index in [0.717, 1.165) is 5.56 Å². The molecule has 2 heteroatoms. The van der Waals surface area contributed by atoms with Crippen molar-refractivity contribution < 1.29 is 0 Å². The van der Waals surface area contributed by atoms with Gasteiger partial charge in [-0.1, -0.05) is 20.8 Å². The van der Waals surface area contributed by atoms with Gasteiger partial charge in [-0.25, -0.2) is 0 Å². The number of hydrogen-bond acceptors (Lipinski definition) is 0. The first-order valence-corrected chi connectivity index (χ1v) is 4.56. The Balaban J connectivity index is 3.27. The third-order valence-corrected chi connectivity index (χ3v) is 2.93. The fourth-order valence-corrected chi connectivity index (χ4v) is 1.37. The number of nitrogens with zero attached hydrogens (tertiary/aromatic N) is 1. The molecule has 1 aromatic carbocycles. The zero-order valence-electron chi connectivity index (χ0n) is 7.48. The summed E-state index contributed by atoms with van der Waals surface area (Å²) in [5.41, 5.74) is 3.48.